The summed E-state index contributed by atoms with van der Waals surface area (Å²) >= 11 is 0. The van der Waals surface area contributed by atoms with Crippen LogP contribution < -0.4 is 10.0 Å². The quantitative estimate of drug-likeness (QED) is 0.516. The zero-order chi connectivity index (χ0) is 22.6. The van der Waals surface area contributed by atoms with E-state index in [4.69, 9.17) is 5.11 Å². The summed E-state index contributed by atoms with van der Waals surface area (Å²) in [5.41, 5.74) is 2.98. The Bertz CT molecular complexity index is 1250. The molecule has 0 atom stereocenters. The molecule has 0 fully saturated rings. The molecule has 3 N–H and O–H groups in total. The highest BCUT2D eigenvalue weighted by Crippen LogP contribution is 2.22. The number of amides is 1. The first kappa shape index (κ1) is 22.0. The summed E-state index contributed by atoms with van der Waals surface area (Å²) in [6.07, 6.45) is -0.165. The van der Waals surface area contributed by atoms with Gasteiger partial charge in [0, 0.05) is 16.9 Å². The monoisotopic (exact) mass is 438 g/mol. The van der Waals surface area contributed by atoms with E-state index in [1.165, 1.54) is 12.1 Å². The van der Waals surface area contributed by atoms with Crippen LogP contribution >= 0.6 is 0 Å². The predicted octanol–water partition coefficient (Wildman–Crippen LogP) is 3.98. The van der Waals surface area contributed by atoms with Gasteiger partial charge < -0.3 is 10.4 Å². The maximum atomic E-state index is 12.9. The Morgan fingerprint density at radius 3 is 2.32 bits per heavy atom. The molecule has 0 aliphatic carbocycles. The predicted molar refractivity (Wildman–Crippen MR) is 119 cm³/mol. The molecule has 0 radical (unpaired) electrons. The summed E-state index contributed by atoms with van der Waals surface area (Å²) in [4.78, 5) is 23.6. The number of hydrogen-bond donors (Lipinski definition) is 3. The van der Waals surface area contributed by atoms with Gasteiger partial charge in [-0.25, -0.2) is 8.42 Å². The van der Waals surface area contributed by atoms with Crippen LogP contribution in [0.3, 0.4) is 0 Å². The van der Waals surface area contributed by atoms with Crippen LogP contribution in [-0.4, -0.2) is 25.4 Å². The van der Waals surface area contributed by atoms with Crippen LogP contribution in [0.25, 0.3) is 0 Å². The van der Waals surface area contributed by atoms with Crippen LogP contribution in [0.2, 0.25) is 0 Å². The summed E-state index contributed by atoms with van der Waals surface area (Å²) in [7, 11) is -3.91. The number of aliphatic carboxylic acids is 1. The molecule has 3 aromatic rings. The van der Waals surface area contributed by atoms with Crippen LogP contribution in [0.4, 0.5) is 11.4 Å². The van der Waals surface area contributed by atoms with Crippen LogP contribution in [-0.2, 0) is 21.2 Å². The van der Waals surface area contributed by atoms with E-state index in [1.54, 1.807) is 55.5 Å². The molecule has 31 heavy (non-hydrogen) atoms. The zero-order valence-corrected chi connectivity index (χ0v) is 17.9. The van der Waals surface area contributed by atoms with Gasteiger partial charge in [-0.05, 0) is 66.9 Å². The van der Waals surface area contributed by atoms with E-state index >= 15 is 0 Å². The molecule has 1 amide bonds. The van der Waals surface area contributed by atoms with E-state index < -0.39 is 21.9 Å². The standard InChI is InChI=1S/C23H22N2O5S/c1-15-5-3-8-20(11-15)25-31(29,30)21-14-18(10-9-16(21)2)23(28)24-19-7-4-6-17(12-19)13-22(26)27/h3-12,14,25H,13H2,1-2H3,(H,24,28)(H,26,27). The summed E-state index contributed by atoms with van der Waals surface area (Å²) in [5.74, 6) is -1.47. The van der Waals surface area contributed by atoms with Crippen molar-refractivity contribution in [1.82, 2.24) is 0 Å². The van der Waals surface area contributed by atoms with Crippen molar-refractivity contribution in [2.45, 2.75) is 25.2 Å². The van der Waals surface area contributed by atoms with Gasteiger partial charge in [0.1, 0.15) is 0 Å². The molecule has 0 bridgehead atoms. The summed E-state index contributed by atoms with van der Waals surface area (Å²) in [5, 5.41) is 11.6. The lowest BCUT2D eigenvalue weighted by molar-refractivity contribution is -0.136. The van der Waals surface area contributed by atoms with Crippen molar-refractivity contribution in [3.8, 4) is 0 Å². The minimum atomic E-state index is -3.91. The van der Waals surface area contributed by atoms with Crippen molar-refractivity contribution >= 4 is 33.3 Å². The number of carboxylic acids is 1. The molecule has 0 heterocycles. The highest BCUT2D eigenvalue weighted by Gasteiger charge is 2.19. The van der Waals surface area contributed by atoms with Crippen LogP contribution in [0.15, 0.2) is 71.6 Å². The highest BCUT2D eigenvalue weighted by molar-refractivity contribution is 7.92. The van der Waals surface area contributed by atoms with Gasteiger partial charge >= 0.3 is 5.97 Å². The molecule has 0 spiro atoms. The average molecular weight is 439 g/mol. The van der Waals surface area contributed by atoms with E-state index in [1.807, 2.05) is 13.0 Å². The first-order chi connectivity index (χ1) is 14.6. The summed E-state index contributed by atoms with van der Waals surface area (Å²) in [6, 6.07) is 17.9. The largest absolute Gasteiger partial charge is 0.481 e. The molecular formula is C23H22N2O5S. The van der Waals surface area contributed by atoms with Gasteiger partial charge in [0.2, 0.25) is 0 Å². The third-order valence-electron chi connectivity index (χ3n) is 4.55. The van der Waals surface area contributed by atoms with Crippen molar-refractivity contribution in [1.29, 1.82) is 0 Å². The topological polar surface area (TPSA) is 113 Å². The number of aryl methyl sites for hydroxylation is 2. The number of nitrogens with one attached hydrogen (secondary N) is 2. The minimum Gasteiger partial charge on any atom is -0.481 e. The third-order valence-corrected chi connectivity index (χ3v) is 6.07. The SMILES string of the molecule is Cc1cccc(NS(=O)(=O)c2cc(C(=O)Nc3cccc(CC(=O)O)c3)ccc2C)c1. The van der Waals surface area contributed by atoms with Crippen LogP contribution in [0, 0.1) is 13.8 Å². The van der Waals surface area contributed by atoms with Crippen molar-refractivity contribution in [2.24, 2.45) is 0 Å². The second kappa shape index (κ2) is 9.01. The Balaban J connectivity index is 1.85. The van der Waals surface area contributed by atoms with Gasteiger partial charge in [0.15, 0.2) is 0 Å². The maximum Gasteiger partial charge on any atom is 0.307 e. The van der Waals surface area contributed by atoms with Crippen LogP contribution in [0.5, 0.6) is 0 Å². The van der Waals surface area contributed by atoms with E-state index in [-0.39, 0.29) is 16.9 Å². The van der Waals surface area contributed by atoms with Crippen molar-refractivity contribution in [3.63, 3.8) is 0 Å². The van der Waals surface area contributed by atoms with E-state index in [0.717, 1.165) is 5.56 Å². The van der Waals surface area contributed by atoms with Gasteiger partial charge in [-0.3, -0.25) is 14.3 Å². The number of benzene rings is 3. The van der Waals surface area contributed by atoms with Gasteiger partial charge in [0.05, 0.1) is 11.3 Å². The Morgan fingerprint density at radius 1 is 0.903 bits per heavy atom. The molecule has 3 rings (SSSR count). The molecule has 3 aromatic carbocycles. The normalized spacial score (nSPS) is 11.0. The van der Waals surface area contributed by atoms with E-state index in [2.05, 4.69) is 10.0 Å². The fourth-order valence-electron chi connectivity index (χ4n) is 3.09. The number of carbonyl (C=O) groups is 2. The average Bonchev–Trinajstić information content (AvgIpc) is 2.67. The number of carboxylic acid groups (broad SMARTS) is 1. The third kappa shape index (κ3) is 5.70. The number of sulfonamides is 1. The first-order valence-electron chi connectivity index (χ1n) is 9.46. The molecule has 0 saturated carbocycles. The molecule has 8 heteroatoms. The molecule has 0 aliphatic heterocycles. The Morgan fingerprint density at radius 2 is 1.61 bits per heavy atom. The number of carbonyl (C=O) groups excluding carboxylic acids is 1. The smallest absolute Gasteiger partial charge is 0.307 e. The van der Waals surface area contributed by atoms with Gasteiger partial charge in [-0.1, -0.05) is 30.3 Å². The lowest BCUT2D eigenvalue weighted by atomic mass is 10.1. The van der Waals surface area contributed by atoms with Gasteiger partial charge in [0.25, 0.3) is 15.9 Å². The Hall–Kier alpha value is -3.65. The molecule has 7 nitrogen and oxygen atoms in total. The summed E-state index contributed by atoms with van der Waals surface area (Å²) in [6.45, 7) is 3.52. The number of rotatable bonds is 7. The maximum absolute atomic E-state index is 12.9. The minimum absolute atomic E-state index is 0.00119. The zero-order valence-electron chi connectivity index (χ0n) is 17.0. The van der Waals surface area contributed by atoms with E-state index in [0.29, 0.717) is 22.5 Å². The van der Waals surface area contributed by atoms with Crippen molar-refractivity contribution < 1.29 is 23.1 Å². The molecule has 0 aliphatic rings. The lowest BCUT2D eigenvalue weighted by Gasteiger charge is -2.13. The second-order valence-electron chi connectivity index (χ2n) is 7.18. The molecule has 0 saturated heterocycles. The second-order valence-corrected chi connectivity index (χ2v) is 8.83. The lowest BCUT2D eigenvalue weighted by Crippen LogP contribution is -2.17. The number of anilines is 2. The Labute approximate surface area is 180 Å². The summed E-state index contributed by atoms with van der Waals surface area (Å²) < 4.78 is 28.4. The van der Waals surface area contributed by atoms with E-state index in [9.17, 15) is 18.0 Å². The number of hydrogen-bond acceptors (Lipinski definition) is 4. The van der Waals surface area contributed by atoms with Gasteiger partial charge in [-0.15, -0.1) is 0 Å². The highest BCUT2D eigenvalue weighted by atomic mass is 32.2. The molecule has 160 valence electrons. The fraction of sp³-hybridized carbons (Fsp3) is 0.130. The van der Waals surface area contributed by atoms with Crippen LogP contribution in [0.1, 0.15) is 27.0 Å². The first-order valence-corrected chi connectivity index (χ1v) is 10.9. The molecular weight excluding hydrogens is 416 g/mol. The molecule has 0 aromatic heterocycles. The molecule has 0 unspecified atom stereocenters. The van der Waals surface area contributed by atoms with Gasteiger partial charge in [-0.2, -0.15) is 0 Å². The Kier molecular flexibility index (Phi) is 6.41. The van der Waals surface area contributed by atoms with Crippen molar-refractivity contribution in [2.75, 3.05) is 10.0 Å². The van der Waals surface area contributed by atoms with Crippen molar-refractivity contribution in [3.05, 3.63) is 89.0 Å². The fourth-order valence-corrected chi connectivity index (χ4v) is 4.41.